The maximum atomic E-state index is 6.05. The summed E-state index contributed by atoms with van der Waals surface area (Å²) in [5.74, 6) is 0.774. The Bertz CT molecular complexity index is 387. The molecule has 1 fully saturated rings. The highest BCUT2D eigenvalue weighted by atomic mass is 15.3. The van der Waals surface area contributed by atoms with Crippen LogP contribution in [0.4, 0.5) is 0 Å². The van der Waals surface area contributed by atoms with Gasteiger partial charge in [-0.15, -0.1) is 0 Å². The number of likely N-dealkylation sites (tertiary alicyclic amines) is 1. The van der Waals surface area contributed by atoms with Crippen LogP contribution in [0.25, 0.3) is 0 Å². The number of nitrogens with two attached hydrogens (primary N) is 1. The Labute approximate surface area is 117 Å². The summed E-state index contributed by atoms with van der Waals surface area (Å²) in [6, 6.07) is 0.947. The van der Waals surface area contributed by atoms with Gasteiger partial charge in [0.25, 0.3) is 0 Å². The summed E-state index contributed by atoms with van der Waals surface area (Å²) in [5.41, 5.74) is 7.32. The molecule has 1 aromatic heterocycles. The molecule has 2 N–H and O–H groups in total. The fraction of sp³-hybridized carbons (Fsp3) is 0.800. The van der Waals surface area contributed by atoms with E-state index in [4.69, 9.17) is 5.73 Å². The number of nitrogens with zero attached hydrogens (tertiary/aromatic N) is 3. The largest absolute Gasteiger partial charge is 0.329 e. The van der Waals surface area contributed by atoms with Crippen LogP contribution in [0.1, 0.15) is 51.6 Å². The van der Waals surface area contributed by atoms with E-state index in [1.165, 1.54) is 18.4 Å². The van der Waals surface area contributed by atoms with E-state index in [0.29, 0.717) is 18.6 Å². The minimum atomic E-state index is 0.323. The van der Waals surface area contributed by atoms with E-state index in [2.05, 4.69) is 37.0 Å². The van der Waals surface area contributed by atoms with Gasteiger partial charge >= 0.3 is 0 Å². The van der Waals surface area contributed by atoms with Crippen LogP contribution < -0.4 is 5.73 Å². The van der Waals surface area contributed by atoms with Crippen LogP contribution in [-0.2, 0) is 6.54 Å². The molecule has 0 spiro atoms. The van der Waals surface area contributed by atoms with Crippen LogP contribution in [0.2, 0.25) is 0 Å². The molecular weight excluding hydrogens is 236 g/mol. The molecule has 1 aliphatic rings. The normalized spacial score (nSPS) is 26.5. The van der Waals surface area contributed by atoms with E-state index in [0.717, 1.165) is 25.4 Å². The lowest BCUT2D eigenvalue weighted by atomic mass is 9.92. The van der Waals surface area contributed by atoms with Crippen molar-refractivity contribution in [2.75, 3.05) is 13.1 Å². The molecule has 1 aromatic rings. The fourth-order valence-electron chi connectivity index (χ4n) is 3.12. The van der Waals surface area contributed by atoms with Gasteiger partial charge < -0.3 is 5.73 Å². The fourth-order valence-corrected chi connectivity index (χ4v) is 3.12. The molecule has 0 radical (unpaired) electrons. The minimum absolute atomic E-state index is 0.323. The highest BCUT2D eigenvalue weighted by Gasteiger charge is 2.29. The zero-order valence-corrected chi connectivity index (χ0v) is 12.5. The molecule has 0 amide bonds. The quantitative estimate of drug-likeness (QED) is 0.888. The molecular formula is C15H28N4. The molecule has 2 heterocycles. The SMILES string of the molecule is CCCn1cc(C(CN)N2CC(C)CCC2C)cn1. The van der Waals surface area contributed by atoms with Crippen LogP contribution in [0.5, 0.6) is 0 Å². The lowest BCUT2D eigenvalue weighted by molar-refractivity contribution is 0.0798. The third-order valence-electron chi connectivity index (χ3n) is 4.28. The van der Waals surface area contributed by atoms with Gasteiger partial charge in [-0.3, -0.25) is 9.58 Å². The van der Waals surface area contributed by atoms with Gasteiger partial charge in [-0.2, -0.15) is 5.10 Å². The van der Waals surface area contributed by atoms with Crippen LogP contribution in [0.3, 0.4) is 0 Å². The van der Waals surface area contributed by atoms with Crippen molar-refractivity contribution in [1.29, 1.82) is 0 Å². The molecule has 19 heavy (non-hydrogen) atoms. The average Bonchev–Trinajstić information content (AvgIpc) is 2.83. The first kappa shape index (κ1) is 14.5. The Balaban J connectivity index is 2.13. The number of piperidine rings is 1. The van der Waals surface area contributed by atoms with Crippen molar-refractivity contribution in [3.8, 4) is 0 Å². The van der Waals surface area contributed by atoms with Crippen molar-refractivity contribution in [2.24, 2.45) is 11.7 Å². The van der Waals surface area contributed by atoms with Crippen molar-refractivity contribution in [3.63, 3.8) is 0 Å². The monoisotopic (exact) mass is 264 g/mol. The third-order valence-corrected chi connectivity index (χ3v) is 4.28. The topological polar surface area (TPSA) is 47.1 Å². The third kappa shape index (κ3) is 3.37. The number of hydrogen-bond acceptors (Lipinski definition) is 3. The van der Waals surface area contributed by atoms with Crippen molar-refractivity contribution >= 4 is 0 Å². The first-order valence-electron chi connectivity index (χ1n) is 7.63. The van der Waals surface area contributed by atoms with Crippen LogP contribution >= 0.6 is 0 Å². The highest BCUT2D eigenvalue weighted by molar-refractivity contribution is 5.12. The summed E-state index contributed by atoms with van der Waals surface area (Å²) in [5, 5.41) is 4.45. The van der Waals surface area contributed by atoms with Crippen LogP contribution in [0, 0.1) is 5.92 Å². The van der Waals surface area contributed by atoms with Crippen molar-refractivity contribution in [3.05, 3.63) is 18.0 Å². The van der Waals surface area contributed by atoms with Gasteiger partial charge in [0.05, 0.1) is 12.2 Å². The first-order valence-corrected chi connectivity index (χ1v) is 7.63. The molecule has 1 aliphatic heterocycles. The first-order chi connectivity index (χ1) is 9.15. The van der Waals surface area contributed by atoms with Gasteiger partial charge in [-0.05, 0) is 32.1 Å². The van der Waals surface area contributed by atoms with E-state index in [-0.39, 0.29) is 0 Å². The maximum Gasteiger partial charge on any atom is 0.0538 e. The van der Waals surface area contributed by atoms with Gasteiger partial charge in [0.2, 0.25) is 0 Å². The van der Waals surface area contributed by atoms with E-state index in [1.54, 1.807) is 0 Å². The standard InChI is InChI=1S/C15H28N4/c1-4-7-18-11-14(9-17-18)15(8-16)19-10-12(2)5-6-13(19)3/h9,11-13,15H,4-8,10,16H2,1-3H3. The van der Waals surface area contributed by atoms with Crippen molar-refractivity contribution in [1.82, 2.24) is 14.7 Å². The zero-order valence-electron chi connectivity index (χ0n) is 12.5. The molecule has 0 bridgehead atoms. The predicted octanol–water partition coefficient (Wildman–Crippen LogP) is 2.41. The predicted molar refractivity (Wildman–Crippen MR) is 78.9 cm³/mol. The van der Waals surface area contributed by atoms with Crippen LogP contribution in [-0.4, -0.2) is 33.8 Å². The van der Waals surface area contributed by atoms with E-state index in [1.807, 2.05) is 10.9 Å². The van der Waals surface area contributed by atoms with E-state index < -0.39 is 0 Å². The van der Waals surface area contributed by atoms with Gasteiger partial charge in [0.1, 0.15) is 0 Å². The molecule has 2 rings (SSSR count). The second kappa shape index (κ2) is 6.53. The molecule has 0 aromatic carbocycles. The number of aromatic nitrogens is 2. The Kier molecular flexibility index (Phi) is 4.99. The van der Waals surface area contributed by atoms with Crippen molar-refractivity contribution in [2.45, 2.75) is 58.7 Å². The smallest absolute Gasteiger partial charge is 0.0538 e. The molecule has 3 unspecified atom stereocenters. The molecule has 0 aliphatic carbocycles. The highest BCUT2D eigenvalue weighted by Crippen LogP contribution is 2.30. The van der Waals surface area contributed by atoms with Gasteiger partial charge in [-0.1, -0.05) is 13.8 Å². The molecule has 0 saturated carbocycles. The van der Waals surface area contributed by atoms with Gasteiger partial charge in [0, 0.05) is 37.4 Å². The summed E-state index contributed by atoms with van der Waals surface area (Å²) in [6.07, 6.45) is 7.91. The Morgan fingerprint density at radius 3 is 2.89 bits per heavy atom. The lowest BCUT2D eigenvalue weighted by Gasteiger charge is -2.41. The Hall–Kier alpha value is -0.870. The molecule has 1 saturated heterocycles. The number of rotatable bonds is 5. The molecule has 4 nitrogen and oxygen atoms in total. The average molecular weight is 264 g/mol. The molecule has 108 valence electrons. The molecule has 3 atom stereocenters. The second-order valence-electron chi connectivity index (χ2n) is 6.02. The van der Waals surface area contributed by atoms with Crippen molar-refractivity contribution < 1.29 is 0 Å². The Morgan fingerprint density at radius 1 is 1.42 bits per heavy atom. The summed E-state index contributed by atoms with van der Waals surface area (Å²) in [7, 11) is 0. The zero-order chi connectivity index (χ0) is 13.8. The van der Waals surface area contributed by atoms with Gasteiger partial charge in [0.15, 0.2) is 0 Å². The number of aryl methyl sites for hydroxylation is 1. The molecule has 4 heteroatoms. The summed E-state index contributed by atoms with van der Waals surface area (Å²) in [6.45, 7) is 9.66. The summed E-state index contributed by atoms with van der Waals surface area (Å²) in [4.78, 5) is 2.57. The second-order valence-corrected chi connectivity index (χ2v) is 6.02. The minimum Gasteiger partial charge on any atom is -0.329 e. The maximum absolute atomic E-state index is 6.05. The van der Waals surface area contributed by atoms with E-state index in [9.17, 15) is 0 Å². The Morgan fingerprint density at radius 2 is 2.21 bits per heavy atom. The number of hydrogen-bond donors (Lipinski definition) is 1. The summed E-state index contributed by atoms with van der Waals surface area (Å²) >= 11 is 0. The van der Waals surface area contributed by atoms with Gasteiger partial charge in [-0.25, -0.2) is 0 Å². The van der Waals surface area contributed by atoms with Crippen LogP contribution in [0.15, 0.2) is 12.4 Å². The van der Waals surface area contributed by atoms with E-state index >= 15 is 0 Å². The summed E-state index contributed by atoms with van der Waals surface area (Å²) < 4.78 is 2.04. The lowest BCUT2D eigenvalue weighted by Crippen LogP contribution is -2.45.